The number of carbonyl (C=O) groups excluding carboxylic acids is 1. The third-order valence-corrected chi connectivity index (χ3v) is 5.20. The summed E-state index contributed by atoms with van der Waals surface area (Å²) in [6.45, 7) is 1.86. The Morgan fingerprint density at radius 1 is 1.28 bits per heavy atom. The van der Waals surface area contributed by atoms with Crippen molar-refractivity contribution in [1.29, 1.82) is 0 Å². The lowest BCUT2D eigenvalue weighted by molar-refractivity contribution is 0.0788. The van der Waals surface area contributed by atoms with Crippen molar-refractivity contribution in [2.75, 3.05) is 7.05 Å². The van der Waals surface area contributed by atoms with Crippen LogP contribution >= 0.6 is 22.9 Å². The van der Waals surface area contributed by atoms with E-state index >= 15 is 0 Å². The molecule has 3 rings (SSSR count). The quantitative estimate of drug-likeness (QED) is 0.670. The number of pyridine rings is 1. The van der Waals surface area contributed by atoms with Crippen molar-refractivity contribution in [2.45, 2.75) is 13.5 Å². The van der Waals surface area contributed by atoms with Gasteiger partial charge < -0.3 is 4.90 Å². The first-order valence-electron chi connectivity index (χ1n) is 7.54. The van der Waals surface area contributed by atoms with Crippen LogP contribution in [0.1, 0.15) is 20.9 Å². The monoisotopic (exact) mass is 375 g/mol. The predicted octanol–water partition coefficient (Wildman–Crippen LogP) is 4.58. The van der Waals surface area contributed by atoms with Crippen LogP contribution in [0.15, 0.2) is 42.6 Å². The maximum atomic E-state index is 13.9. The Morgan fingerprint density at radius 2 is 2.08 bits per heavy atom. The molecule has 4 nitrogen and oxygen atoms in total. The molecule has 0 atom stereocenters. The molecule has 7 heteroatoms. The van der Waals surface area contributed by atoms with Gasteiger partial charge >= 0.3 is 0 Å². The van der Waals surface area contributed by atoms with Crippen LogP contribution < -0.4 is 0 Å². The molecule has 0 saturated carbocycles. The van der Waals surface area contributed by atoms with Crippen molar-refractivity contribution in [1.82, 2.24) is 14.9 Å². The molecule has 0 radical (unpaired) electrons. The first kappa shape index (κ1) is 17.5. The summed E-state index contributed by atoms with van der Waals surface area (Å²) in [7, 11) is 1.62. The summed E-state index contributed by atoms with van der Waals surface area (Å²) in [5.41, 5.74) is 1.64. The lowest BCUT2D eigenvalue weighted by Gasteiger charge is -2.17. The highest BCUT2D eigenvalue weighted by Crippen LogP contribution is 2.28. The molecule has 0 fully saturated rings. The zero-order valence-electron chi connectivity index (χ0n) is 13.7. The molecule has 0 aliphatic rings. The summed E-state index contributed by atoms with van der Waals surface area (Å²) in [6.07, 6.45) is 1.68. The molecular formula is C18H15ClFN3OS. The molecule has 1 amide bonds. The first-order chi connectivity index (χ1) is 12.0. The summed E-state index contributed by atoms with van der Waals surface area (Å²) in [5.74, 6) is -0.654. The van der Waals surface area contributed by atoms with Gasteiger partial charge in [-0.3, -0.25) is 9.78 Å². The van der Waals surface area contributed by atoms with Gasteiger partial charge in [0.25, 0.3) is 5.91 Å². The number of thiazole rings is 1. The van der Waals surface area contributed by atoms with Crippen LogP contribution in [-0.4, -0.2) is 27.8 Å². The van der Waals surface area contributed by atoms with Crippen LogP contribution in [0.2, 0.25) is 5.02 Å². The van der Waals surface area contributed by atoms with Gasteiger partial charge in [-0.25, -0.2) is 9.37 Å². The van der Waals surface area contributed by atoms with Crippen molar-refractivity contribution in [2.24, 2.45) is 0 Å². The van der Waals surface area contributed by atoms with Gasteiger partial charge in [0.05, 0.1) is 17.9 Å². The molecule has 1 aromatic carbocycles. The molecule has 128 valence electrons. The molecule has 0 saturated heterocycles. The second kappa shape index (κ2) is 7.29. The lowest BCUT2D eigenvalue weighted by Crippen LogP contribution is -2.26. The van der Waals surface area contributed by atoms with E-state index in [-0.39, 0.29) is 12.5 Å². The molecule has 0 aliphatic heterocycles. The smallest absolute Gasteiger partial charge is 0.265 e. The Morgan fingerprint density at radius 3 is 2.76 bits per heavy atom. The molecule has 0 spiro atoms. The van der Waals surface area contributed by atoms with Crippen LogP contribution in [0.5, 0.6) is 0 Å². The minimum Gasteiger partial charge on any atom is -0.336 e. The van der Waals surface area contributed by atoms with Crippen LogP contribution in [0.3, 0.4) is 0 Å². The van der Waals surface area contributed by atoms with E-state index in [1.807, 2.05) is 18.2 Å². The fourth-order valence-electron chi connectivity index (χ4n) is 2.36. The zero-order valence-corrected chi connectivity index (χ0v) is 15.2. The molecule has 0 unspecified atom stereocenters. The molecule has 3 aromatic rings. The predicted molar refractivity (Wildman–Crippen MR) is 97.3 cm³/mol. The third-order valence-electron chi connectivity index (χ3n) is 3.68. The SMILES string of the molecule is Cc1nc(-c2ccccn2)sc1C(=O)N(C)Cc1c(F)cccc1Cl. The summed E-state index contributed by atoms with van der Waals surface area (Å²) in [6, 6.07) is 10.0. The normalized spacial score (nSPS) is 10.7. The van der Waals surface area contributed by atoms with Crippen molar-refractivity contribution < 1.29 is 9.18 Å². The van der Waals surface area contributed by atoms with E-state index in [0.717, 1.165) is 5.69 Å². The summed E-state index contributed by atoms with van der Waals surface area (Å²) in [5, 5.41) is 0.980. The van der Waals surface area contributed by atoms with E-state index in [2.05, 4.69) is 9.97 Å². The van der Waals surface area contributed by atoms with Gasteiger partial charge in [-0.1, -0.05) is 23.7 Å². The fraction of sp³-hybridized carbons (Fsp3) is 0.167. The van der Waals surface area contributed by atoms with Crippen LogP contribution in [0.4, 0.5) is 4.39 Å². The number of nitrogens with zero attached hydrogens (tertiary/aromatic N) is 3. The standard InChI is InChI=1S/C18H15ClFN3OS/c1-11-16(25-17(22-11)15-8-3-4-9-21-15)18(24)23(2)10-12-13(19)6-5-7-14(12)20/h3-9H,10H2,1-2H3. The molecule has 25 heavy (non-hydrogen) atoms. The highest BCUT2D eigenvalue weighted by Gasteiger charge is 2.21. The van der Waals surface area contributed by atoms with Gasteiger partial charge in [0.15, 0.2) is 0 Å². The number of carbonyl (C=O) groups is 1. The van der Waals surface area contributed by atoms with E-state index in [1.165, 1.54) is 28.4 Å². The highest BCUT2D eigenvalue weighted by atomic mass is 35.5. The number of amides is 1. The average Bonchev–Trinajstić information content (AvgIpc) is 3.00. The Kier molecular flexibility index (Phi) is 5.11. The zero-order chi connectivity index (χ0) is 18.0. The minimum atomic E-state index is -0.428. The first-order valence-corrected chi connectivity index (χ1v) is 8.74. The number of benzene rings is 1. The molecular weight excluding hydrogens is 361 g/mol. The highest BCUT2D eigenvalue weighted by molar-refractivity contribution is 7.17. The van der Waals surface area contributed by atoms with Crippen LogP contribution in [0, 0.1) is 12.7 Å². The maximum absolute atomic E-state index is 13.9. The van der Waals surface area contributed by atoms with E-state index in [9.17, 15) is 9.18 Å². The Labute approximate surface area is 153 Å². The number of hydrogen-bond acceptors (Lipinski definition) is 4. The molecule has 0 N–H and O–H groups in total. The van der Waals surface area contributed by atoms with Crippen molar-refractivity contribution in [3.63, 3.8) is 0 Å². The van der Waals surface area contributed by atoms with E-state index < -0.39 is 5.82 Å². The van der Waals surface area contributed by atoms with Gasteiger partial charge in [-0.05, 0) is 31.2 Å². The number of aryl methyl sites for hydroxylation is 1. The van der Waals surface area contributed by atoms with Crippen LogP contribution in [-0.2, 0) is 6.54 Å². The molecule has 0 bridgehead atoms. The Balaban J connectivity index is 1.85. The summed E-state index contributed by atoms with van der Waals surface area (Å²) in [4.78, 5) is 23.4. The molecule has 2 aromatic heterocycles. The second-order valence-electron chi connectivity index (χ2n) is 5.51. The largest absolute Gasteiger partial charge is 0.336 e. The third kappa shape index (κ3) is 3.70. The van der Waals surface area contributed by atoms with Gasteiger partial charge in [0.2, 0.25) is 0 Å². The average molecular weight is 376 g/mol. The van der Waals surface area contributed by atoms with E-state index in [0.29, 0.717) is 26.2 Å². The van der Waals surface area contributed by atoms with Crippen molar-refractivity contribution in [3.05, 3.63) is 69.6 Å². The Hall–Kier alpha value is -2.31. The van der Waals surface area contributed by atoms with Gasteiger partial charge in [0, 0.05) is 23.8 Å². The number of halogens is 2. The lowest BCUT2D eigenvalue weighted by atomic mass is 10.2. The summed E-state index contributed by atoms with van der Waals surface area (Å²) >= 11 is 7.32. The summed E-state index contributed by atoms with van der Waals surface area (Å²) < 4.78 is 13.9. The molecule has 0 aliphatic carbocycles. The van der Waals surface area contributed by atoms with Crippen molar-refractivity contribution >= 4 is 28.8 Å². The van der Waals surface area contributed by atoms with Gasteiger partial charge in [-0.2, -0.15) is 0 Å². The van der Waals surface area contributed by atoms with Crippen molar-refractivity contribution in [3.8, 4) is 10.7 Å². The number of aromatic nitrogens is 2. The topological polar surface area (TPSA) is 46.1 Å². The fourth-order valence-corrected chi connectivity index (χ4v) is 3.62. The van der Waals surface area contributed by atoms with Gasteiger partial charge in [0.1, 0.15) is 15.7 Å². The molecule has 2 heterocycles. The number of hydrogen-bond donors (Lipinski definition) is 0. The van der Waals surface area contributed by atoms with Gasteiger partial charge in [-0.15, -0.1) is 11.3 Å². The number of rotatable bonds is 4. The minimum absolute atomic E-state index is 0.0839. The van der Waals surface area contributed by atoms with E-state index in [1.54, 1.807) is 26.2 Å². The second-order valence-corrected chi connectivity index (χ2v) is 6.92. The van der Waals surface area contributed by atoms with E-state index in [4.69, 9.17) is 11.6 Å². The maximum Gasteiger partial charge on any atom is 0.265 e. The Bertz CT molecular complexity index is 894. The van der Waals surface area contributed by atoms with Crippen LogP contribution in [0.25, 0.3) is 10.7 Å².